The number of carbonyl (C=O) groups is 2. The molecule has 0 aromatic heterocycles. The van der Waals surface area contributed by atoms with Crippen LogP contribution in [-0.4, -0.2) is 52.3 Å². The van der Waals surface area contributed by atoms with Gasteiger partial charge in [0.25, 0.3) is 0 Å². The quantitative estimate of drug-likeness (QED) is 0.119. The Labute approximate surface area is 140 Å². The van der Waals surface area contributed by atoms with Crippen molar-refractivity contribution < 1.29 is 24.6 Å². The Morgan fingerprint density at radius 3 is 2.54 bits per heavy atom. The lowest BCUT2D eigenvalue weighted by Gasteiger charge is -2.22. The summed E-state index contributed by atoms with van der Waals surface area (Å²) in [6, 6.07) is 7.68. The van der Waals surface area contributed by atoms with Gasteiger partial charge >= 0.3 is 11.9 Å². The van der Waals surface area contributed by atoms with E-state index in [1.165, 1.54) is 0 Å². The molecule has 8 nitrogen and oxygen atoms in total. The van der Waals surface area contributed by atoms with Crippen molar-refractivity contribution in [2.24, 2.45) is 10.9 Å². The lowest BCUT2D eigenvalue weighted by molar-refractivity contribution is -0.138. The summed E-state index contributed by atoms with van der Waals surface area (Å²) in [6.07, 6.45) is 1.56. The van der Waals surface area contributed by atoms with E-state index in [-0.39, 0.29) is 6.73 Å². The molecule has 0 unspecified atom stereocenters. The Morgan fingerprint density at radius 2 is 1.96 bits per heavy atom. The molecule has 0 aliphatic rings. The topological polar surface area (TPSA) is 125 Å². The first-order valence-electron chi connectivity index (χ1n) is 7.60. The standard InChI is InChI=1S/C16H23N3O5/c1-12(18-23)19(10-6-5-9-14(17)15(20)21)11-24-16(22)13-7-3-2-4-8-13/h2-4,7-8,14,23H,5-6,9-11,17H2,1H3,(H,20,21)/t14-/m0/s1. The van der Waals surface area contributed by atoms with Gasteiger partial charge in [0.1, 0.15) is 11.9 Å². The molecule has 0 spiro atoms. The van der Waals surface area contributed by atoms with E-state index in [9.17, 15) is 9.59 Å². The number of carboxylic acid groups (broad SMARTS) is 1. The minimum absolute atomic E-state index is 0.0609. The van der Waals surface area contributed by atoms with Crippen molar-refractivity contribution in [3.63, 3.8) is 0 Å². The highest BCUT2D eigenvalue weighted by Crippen LogP contribution is 2.06. The average Bonchev–Trinajstić information content (AvgIpc) is 2.60. The number of esters is 1. The van der Waals surface area contributed by atoms with Gasteiger partial charge in [0.05, 0.1) is 5.56 Å². The number of benzene rings is 1. The summed E-state index contributed by atoms with van der Waals surface area (Å²) in [5.41, 5.74) is 5.87. The molecule has 24 heavy (non-hydrogen) atoms. The normalized spacial score (nSPS) is 12.5. The monoisotopic (exact) mass is 337 g/mol. The first kappa shape index (κ1) is 19.4. The number of nitrogens with two attached hydrogens (primary N) is 1. The van der Waals surface area contributed by atoms with Crippen molar-refractivity contribution >= 4 is 17.8 Å². The molecule has 0 aliphatic carbocycles. The Balaban J connectivity index is 2.45. The SMILES string of the molecule is CC(=NO)N(CCCC[C@H](N)C(=O)O)COC(=O)c1ccccc1. The number of carbonyl (C=O) groups excluding carboxylic acids is 1. The number of ether oxygens (including phenoxy) is 1. The second kappa shape index (κ2) is 10.2. The van der Waals surface area contributed by atoms with Gasteiger partial charge < -0.3 is 25.7 Å². The Morgan fingerprint density at radius 1 is 1.29 bits per heavy atom. The van der Waals surface area contributed by atoms with Gasteiger partial charge in [0.15, 0.2) is 6.73 Å². The van der Waals surface area contributed by atoms with Crippen LogP contribution in [0.2, 0.25) is 0 Å². The number of nitrogens with zero attached hydrogens (tertiary/aromatic N) is 2. The summed E-state index contributed by atoms with van der Waals surface area (Å²) in [5.74, 6) is -1.20. The summed E-state index contributed by atoms with van der Waals surface area (Å²) in [5, 5.41) is 20.8. The van der Waals surface area contributed by atoms with Crippen LogP contribution in [0.15, 0.2) is 35.5 Å². The predicted molar refractivity (Wildman–Crippen MR) is 87.8 cm³/mol. The van der Waals surface area contributed by atoms with Gasteiger partial charge in [0.2, 0.25) is 0 Å². The molecule has 1 aromatic carbocycles. The molecule has 1 aromatic rings. The smallest absolute Gasteiger partial charge is 0.339 e. The van der Waals surface area contributed by atoms with E-state index in [0.29, 0.717) is 37.2 Å². The lowest BCUT2D eigenvalue weighted by Crippen LogP contribution is -2.34. The molecule has 0 aliphatic heterocycles. The van der Waals surface area contributed by atoms with E-state index in [0.717, 1.165) is 0 Å². The molecule has 0 saturated heterocycles. The summed E-state index contributed by atoms with van der Waals surface area (Å²) < 4.78 is 5.21. The van der Waals surface area contributed by atoms with Crippen LogP contribution in [0.25, 0.3) is 0 Å². The molecule has 0 heterocycles. The molecular formula is C16H23N3O5. The van der Waals surface area contributed by atoms with Gasteiger partial charge in [0, 0.05) is 6.54 Å². The second-order valence-corrected chi connectivity index (χ2v) is 5.28. The summed E-state index contributed by atoms with van der Waals surface area (Å²) in [7, 11) is 0. The average molecular weight is 337 g/mol. The van der Waals surface area contributed by atoms with E-state index >= 15 is 0 Å². The molecule has 0 fully saturated rings. The maximum absolute atomic E-state index is 11.9. The Kier molecular flexibility index (Phi) is 8.28. The molecule has 1 atom stereocenters. The molecule has 0 saturated carbocycles. The number of aliphatic carboxylic acids is 1. The fraction of sp³-hybridized carbons (Fsp3) is 0.438. The van der Waals surface area contributed by atoms with Crippen molar-refractivity contribution in [3.05, 3.63) is 35.9 Å². The zero-order chi connectivity index (χ0) is 17.9. The van der Waals surface area contributed by atoms with Crippen LogP contribution in [0.1, 0.15) is 36.5 Å². The fourth-order valence-electron chi connectivity index (χ4n) is 1.97. The molecule has 1 rings (SSSR count). The number of oxime groups is 1. The zero-order valence-electron chi connectivity index (χ0n) is 13.6. The minimum atomic E-state index is -1.03. The van der Waals surface area contributed by atoms with E-state index in [1.807, 2.05) is 0 Å². The second-order valence-electron chi connectivity index (χ2n) is 5.28. The predicted octanol–water partition coefficient (Wildman–Crippen LogP) is 1.49. The number of carboxylic acids is 1. The molecule has 8 heteroatoms. The van der Waals surface area contributed by atoms with Crippen molar-refractivity contribution in [3.8, 4) is 0 Å². The van der Waals surface area contributed by atoms with Crippen LogP contribution in [0.3, 0.4) is 0 Å². The molecule has 0 bridgehead atoms. The largest absolute Gasteiger partial charge is 0.480 e. The van der Waals surface area contributed by atoms with E-state index < -0.39 is 18.0 Å². The highest BCUT2D eigenvalue weighted by Gasteiger charge is 2.14. The fourth-order valence-corrected chi connectivity index (χ4v) is 1.97. The van der Waals surface area contributed by atoms with Crippen molar-refractivity contribution in [1.82, 2.24) is 4.90 Å². The van der Waals surface area contributed by atoms with E-state index in [2.05, 4.69) is 5.16 Å². The number of hydrogen-bond acceptors (Lipinski definition) is 6. The molecule has 0 amide bonds. The Bertz CT molecular complexity index is 562. The van der Waals surface area contributed by atoms with Crippen molar-refractivity contribution in [1.29, 1.82) is 0 Å². The summed E-state index contributed by atoms with van der Waals surface area (Å²) >= 11 is 0. The first-order chi connectivity index (χ1) is 11.5. The van der Waals surface area contributed by atoms with E-state index in [4.69, 9.17) is 20.8 Å². The van der Waals surface area contributed by atoms with Gasteiger partial charge in [-0.2, -0.15) is 0 Å². The highest BCUT2D eigenvalue weighted by atomic mass is 16.5. The van der Waals surface area contributed by atoms with Gasteiger partial charge in [-0.05, 0) is 38.3 Å². The van der Waals surface area contributed by atoms with Crippen LogP contribution in [0.4, 0.5) is 0 Å². The molecule has 0 radical (unpaired) electrons. The van der Waals surface area contributed by atoms with Crippen LogP contribution in [-0.2, 0) is 9.53 Å². The van der Waals surface area contributed by atoms with Crippen LogP contribution >= 0.6 is 0 Å². The van der Waals surface area contributed by atoms with E-state index in [1.54, 1.807) is 42.2 Å². The van der Waals surface area contributed by atoms with Crippen molar-refractivity contribution in [2.45, 2.75) is 32.2 Å². The summed E-state index contributed by atoms with van der Waals surface area (Å²) in [4.78, 5) is 24.2. The molecule has 132 valence electrons. The number of amidine groups is 1. The van der Waals surface area contributed by atoms with Crippen LogP contribution in [0, 0.1) is 0 Å². The van der Waals surface area contributed by atoms with Gasteiger partial charge in [-0.15, -0.1) is 0 Å². The first-order valence-corrected chi connectivity index (χ1v) is 7.60. The van der Waals surface area contributed by atoms with Gasteiger partial charge in [-0.1, -0.05) is 23.4 Å². The van der Waals surface area contributed by atoms with Crippen LogP contribution in [0.5, 0.6) is 0 Å². The lowest BCUT2D eigenvalue weighted by atomic mass is 10.1. The third-order valence-electron chi connectivity index (χ3n) is 3.47. The van der Waals surface area contributed by atoms with Gasteiger partial charge in [-0.25, -0.2) is 4.79 Å². The zero-order valence-corrected chi connectivity index (χ0v) is 13.6. The molecular weight excluding hydrogens is 314 g/mol. The number of hydrogen-bond donors (Lipinski definition) is 3. The third kappa shape index (κ3) is 6.66. The number of rotatable bonds is 9. The summed E-state index contributed by atoms with van der Waals surface area (Å²) in [6.45, 7) is 1.97. The number of unbranched alkanes of at least 4 members (excludes halogenated alkanes) is 1. The molecule has 4 N–H and O–H groups in total. The van der Waals surface area contributed by atoms with Crippen molar-refractivity contribution in [2.75, 3.05) is 13.3 Å². The maximum atomic E-state index is 11.9. The van der Waals surface area contributed by atoms with Crippen LogP contribution < -0.4 is 5.73 Å². The third-order valence-corrected chi connectivity index (χ3v) is 3.47. The van der Waals surface area contributed by atoms with Gasteiger partial charge in [-0.3, -0.25) is 4.79 Å². The highest BCUT2D eigenvalue weighted by molar-refractivity contribution is 5.89. The minimum Gasteiger partial charge on any atom is -0.480 e. The Hall–Kier alpha value is -2.61. The maximum Gasteiger partial charge on any atom is 0.339 e.